The van der Waals surface area contributed by atoms with E-state index in [9.17, 15) is 19.2 Å². The van der Waals surface area contributed by atoms with Crippen LogP contribution in [0.4, 0.5) is 0 Å². The minimum absolute atomic E-state index is 0.0202. The van der Waals surface area contributed by atoms with E-state index in [0.29, 0.717) is 30.6 Å². The van der Waals surface area contributed by atoms with E-state index in [1.807, 2.05) is 49.5 Å². The number of rotatable bonds is 6. The minimum Gasteiger partial charge on any atom is -0.496 e. The number of likely N-dealkylation sites (tertiary alicyclic amines) is 1. The standard InChI is InChI=1S/C36H38N4O6/c1-22-15-27(19-38(2)35(22)43)26-17-31(45-3)29(32(18-26)46-4)21-39-13-11-23(12-14-39)5-6-24-7-8-25-20-40(36(44)28(25)16-24)30-9-10-33(41)37-34(30)42/h7-8,15-19,23,30H,9-14,20-21H2,1-4H3,(H,37,41,42). The number of nitrogens with zero attached hydrogens (tertiary/aromatic N) is 3. The molecule has 2 aromatic carbocycles. The average Bonchev–Trinajstić information content (AvgIpc) is 3.38. The fraction of sp³-hybridized carbons (Fsp3) is 0.389. The summed E-state index contributed by atoms with van der Waals surface area (Å²) < 4.78 is 13.2. The second-order valence-electron chi connectivity index (χ2n) is 12.3. The Morgan fingerprint density at radius 3 is 2.30 bits per heavy atom. The van der Waals surface area contributed by atoms with Crippen LogP contribution in [0.25, 0.3) is 11.1 Å². The number of benzene rings is 2. The van der Waals surface area contributed by atoms with Gasteiger partial charge in [-0.1, -0.05) is 17.9 Å². The molecular weight excluding hydrogens is 584 g/mol. The van der Waals surface area contributed by atoms with E-state index in [4.69, 9.17) is 9.47 Å². The van der Waals surface area contributed by atoms with Gasteiger partial charge in [0.05, 0.1) is 19.8 Å². The molecule has 46 heavy (non-hydrogen) atoms. The molecule has 0 saturated carbocycles. The Balaban J connectivity index is 1.10. The van der Waals surface area contributed by atoms with Gasteiger partial charge in [-0.15, -0.1) is 0 Å². The summed E-state index contributed by atoms with van der Waals surface area (Å²) in [4.78, 5) is 53.2. The number of imide groups is 1. The second-order valence-corrected chi connectivity index (χ2v) is 12.3. The molecule has 1 unspecified atom stereocenters. The molecule has 0 aliphatic carbocycles. The summed E-state index contributed by atoms with van der Waals surface area (Å²) in [6.07, 6.45) is 4.24. The molecule has 2 saturated heterocycles. The van der Waals surface area contributed by atoms with Crippen molar-refractivity contribution in [2.75, 3.05) is 27.3 Å². The number of carbonyl (C=O) groups excluding carboxylic acids is 3. The van der Waals surface area contributed by atoms with Gasteiger partial charge < -0.3 is 18.9 Å². The minimum atomic E-state index is -0.625. The van der Waals surface area contributed by atoms with E-state index in [1.165, 1.54) is 0 Å². The van der Waals surface area contributed by atoms with Crippen LogP contribution in [0.15, 0.2) is 47.4 Å². The summed E-state index contributed by atoms with van der Waals surface area (Å²) in [5.41, 5.74) is 5.70. The first-order chi connectivity index (χ1) is 22.1. The number of hydrogen-bond acceptors (Lipinski definition) is 7. The van der Waals surface area contributed by atoms with Gasteiger partial charge in [-0.25, -0.2) is 0 Å². The molecule has 6 rings (SSSR count). The van der Waals surface area contributed by atoms with Crippen LogP contribution in [0.5, 0.6) is 11.5 Å². The number of nitrogens with one attached hydrogen (secondary N) is 1. The highest BCUT2D eigenvalue weighted by atomic mass is 16.5. The summed E-state index contributed by atoms with van der Waals surface area (Å²) in [6, 6.07) is 10.9. The molecule has 2 fully saturated rings. The highest BCUT2D eigenvalue weighted by Gasteiger charge is 2.39. The van der Waals surface area contributed by atoms with Crippen molar-refractivity contribution in [2.24, 2.45) is 13.0 Å². The number of aromatic nitrogens is 1. The fourth-order valence-corrected chi connectivity index (χ4v) is 6.62. The van der Waals surface area contributed by atoms with Gasteiger partial charge in [0.1, 0.15) is 17.5 Å². The van der Waals surface area contributed by atoms with Crippen LogP contribution in [0.3, 0.4) is 0 Å². The molecule has 0 spiro atoms. The van der Waals surface area contributed by atoms with Crippen LogP contribution in [0.2, 0.25) is 0 Å². The molecule has 3 aromatic rings. The SMILES string of the molecule is COc1cc(-c2cc(C)c(=O)n(C)c2)cc(OC)c1CN1CCC(C#Cc2ccc3c(c2)C(=O)N(C2CCC(=O)NC2=O)C3)CC1. The third-order valence-corrected chi connectivity index (χ3v) is 9.22. The normalized spacial score (nSPS) is 18.6. The van der Waals surface area contributed by atoms with Crippen LogP contribution in [-0.2, 0) is 29.7 Å². The molecule has 10 nitrogen and oxygen atoms in total. The molecule has 3 aliphatic rings. The molecular formula is C36H38N4O6. The first-order valence-corrected chi connectivity index (χ1v) is 15.6. The van der Waals surface area contributed by atoms with Gasteiger partial charge >= 0.3 is 0 Å². The van der Waals surface area contributed by atoms with Crippen molar-refractivity contribution in [3.8, 4) is 34.5 Å². The van der Waals surface area contributed by atoms with E-state index in [0.717, 1.165) is 65.2 Å². The topological polar surface area (TPSA) is 110 Å². The Labute approximate surface area is 268 Å². The molecule has 1 N–H and O–H groups in total. The van der Waals surface area contributed by atoms with Gasteiger partial charge in [-0.2, -0.15) is 0 Å². The van der Waals surface area contributed by atoms with Gasteiger partial charge in [0.2, 0.25) is 11.8 Å². The van der Waals surface area contributed by atoms with Crippen molar-refractivity contribution in [3.05, 3.63) is 80.8 Å². The van der Waals surface area contributed by atoms with Crippen molar-refractivity contribution >= 4 is 17.7 Å². The maximum atomic E-state index is 13.2. The van der Waals surface area contributed by atoms with Gasteiger partial charge in [0, 0.05) is 55.4 Å². The summed E-state index contributed by atoms with van der Waals surface area (Å²) in [6.45, 7) is 4.59. The maximum absolute atomic E-state index is 13.2. The lowest BCUT2D eigenvalue weighted by Gasteiger charge is -2.30. The molecule has 3 aliphatic heterocycles. The summed E-state index contributed by atoms with van der Waals surface area (Å²) in [7, 11) is 5.07. The molecule has 1 aromatic heterocycles. The third kappa shape index (κ3) is 6.15. The molecule has 3 amide bonds. The highest BCUT2D eigenvalue weighted by molar-refractivity contribution is 6.05. The Morgan fingerprint density at radius 2 is 1.65 bits per heavy atom. The number of methoxy groups -OCH3 is 2. The van der Waals surface area contributed by atoms with Crippen molar-refractivity contribution in [3.63, 3.8) is 0 Å². The zero-order chi connectivity index (χ0) is 32.5. The zero-order valence-corrected chi connectivity index (χ0v) is 26.6. The predicted octanol–water partition coefficient (Wildman–Crippen LogP) is 3.40. The smallest absolute Gasteiger partial charge is 0.255 e. The Bertz CT molecular complexity index is 1790. The largest absolute Gasteiger partial charge is 0.496 e. The first-order valence-electron chi connectivity index (χ1n) is 15.6. The van der Waals surface area contributed by atoms with Crippen molar-refractivity contribution < 1.29 is 23.9 Å². The molecule has 238 valence electrons. The molecule has 1 atom stereocenters. The zero-order valence-electron chi connectivity index (χ0n) is 26.6. The number of fused-ring (bicyclic) bond motifs is 1. The van der Waals surface area contributed by atoms with Crippen LogP contribution in [0.1, 0.15) is 58.3 Å². The van der Waals surface area contributed by atoms with Crippen molar-refractivity contribution in [2.45, 2.75) is 51.7 Å². The van der Waals surface area contributed by atoms with E-state index < -0.39 is 11.9 Å². The summed E-state index contributed by atoms with van der Waals surface area (Å²) in [5, 5.41) is 2.34. The Kier molecular flexibility index (Phi) is 8.69. The third-order valence-electron chi connectivity index (χ3n) is 9.22. The van der Waals surface area contributed by atoms with Crippen molar-refractivity contribution in [1.29, 1.82) is 0 Å². The molecule has 0 radical (unpaired) electrons. The van der Waals surface area contributed by atoms with Gasteiger partial charge in [-0.3, -0.25) is 29.4 Å². The second kappa shape index (κ2) is 12.9. The van der Waals surface area contributed by atoms with Crippen LogP contribution < -0.4 is 20.3 Å². The number of pyridine rings is 1. The van der Waals surface area contributed by atoms with Gasteiger partial charge in [0.15, 0.2) is 0 Å². The lowest BCUT2D eigenvalue weighted by molar-refractivity contribution is -0.136. The van der Waals surface area contributed by atoms with Crippen molar-refractivity contribution in [1.82, 2.24) is 19.7 Å². The Hall–Kier alpha value is -4.88. The van der Waals surface area contributed by atoms with Gasteiger partial charge in [-0.05, 0) is 86.3 Å². The molecule has 10 heteroatoms. The first kappa shape index (κ1) is 31.1. The van der Waals surface area contributed by atoms with Crippen LogP contribution >= 0.6 is 0 Å². The Morgan fingerprint density at radius 1 is 0.935 bits per heavy atom. The predicted molar refractivity (Wildman–Crippen MR) is 172 cm³/mol. The number of ether oxygens (including phenoxy) is 2. The summed E-state index contributed by atoms with van der Waals surface area (Å²) >= 11 is 0. The van der Waals surface area contributed by atoms with Gasteiger partial charge in [0.25, 0.3) is 11.5 Å². The quantitative estimate of drug-likeness (QED) is 0.332. The van der Waals surface area contributed by atoms with Crippen LogP contribution in [0, 0.1) is 24.7 Å². The molecule has 4 heterocycles. The van der Waals surface area contributed by atoms with E-state index in [-0.39, 0.29) is 29.7 Å². The maximum Gasteiger partial charge on any atom is 0.255 e. The lowest BCUT2D eigenvalue weighted by atomic mass is 9.95. The number of hydrogen-bond donors (Lipinski definition) is 1. The lowest BCUT2D eigenvalue weighted by Crippen LogP contribution is -2.52. The number of piperidine rings is 2. The van der Waals surface area contributed by atoms with E-state index in [1.54, 1.807) is 30.7 Å². The van der Waals surface area contributed by atoms with Crippen LogP contribution in [-0.4, -0.2) is 65.4 Å². The number of carbonyl (C=O) groups is 3. The summed E-state index contributed by atoms with van der Waals surface area (Å²) in [5.74, 6) is 7.53. The monoisotopic (exact) mass is 622 g/mol. The van der Waals surface area contributed by atoms with E-state index in [2.05, 4.69) is 22.1 Å². The molecule has 0 bridgehead atoms. The number of amides is 3. The fourth-order valence-electron chi connectivity index (χ4n) is 6.62. The highest BCUT2D eigenvalue weighted by Crippen LogP contribution is 2.37. The van der Waals surface area contributed by atoms with E-state index >= 15 is 0 Å². The number of aryl methyl sites for hydroxylation is 2. The average molecular weight is 623 g/mol.